The monoisotopic (exact) mass is 382 g/mol. The summed E-state index contributed by atoms with van der Waals surface area (Å²) in [5.41, 5.74) is 2.68. The Bertz CT molecular complexity index is 637. The highest BCUT2D eigenvalue weighted by Crippen LogP contribution is 2.25. The van der Waals surface area contributed by atoms with Crippen LogP contribution < -0.4 is 0 Å². The summed E-state index contributed by atoms with van der Waals surface area (Å²) in [5.74, 6) is 0.804. The van der Waals surface area contributed by atoms with Gasteiger partial charge in [-0.15, -0.1) is 0 Å². The first kappa shape index (κ1) is 18.2. The normalized spacial score (nSPS) is 16.8. The van der Waals surface area contributed by atoms with E-state index in [1.54, 1.807) is 11.3 Å². The molecule has 2 aromatic rings. The predicted octanol–water partition coefficient (Wildman–Crippen LogP) is 5.40. The average Bonchev–Trinajstić information content (AvgIpc) is 3.06. The molecule has 0 aliphatic carbocycles. The highest BCUT2D eigenvalue weighted by molar-refractivity contribution is 7.07. The van der Waals surface area contributed by atoms with E-state index in [4.69, 9.17) is 23.2 Å². The third kappa shape index (κ3) is 5.21. The molecule has 2 heterocycles. The van der Waals surface area contributed by atoms with Gasteiger partial charge in [-0.1, -0.05) is 29.3 Å². The fourth-order valence-electron chi connectivity index (χ4n) is 3.42. The molecule has 0 atom stereocenters. The number of thiophene rings is 1. The Balaban J connectivity index is 1.42. The summed E-state index contributed by atoms with van der Waals surface area (Å²) < 4.78 is 0. The molecule has 2 nitrogen and oxygen atoms in total. The van der Waals surface area contributed by atoms with E-state index in [0.717, 1.165) is 32.1 Å². The molecule has 0 amide bonds. The number of hydrogen-bond acceptors (Lipinski definition) is 3. The molecule has 24 heavy (non-hydrogen) atoms. The molecular weight excluding hydrogens is 359 g/mol. The third-order valence-electron chi connectivity index (χ3n) is 4.70. The summed E-state index contributed by atoms with van der Waals surface area (Å²) in [4.78, 5) is 4.98. The number of likely N-dealkylation sites (tertiary alicyclic amines) is 1. The van der Waals surface area contributed by atoms with Crippen LogP contribution in [0.25, 0.3) is 0 Å². The van der Waals surface area contributed by atoms with Gasteiger partial charge in [0.05, 0.1) is 10.0 Å². The van der Waals surface area contributed by atoms with E-state index in [1.165, 1.54) is 30.5 Å². The van der Waals surface area contributed by atoms with Crippen LogP contribution in [0.1, 0.15) is 24.0 Å². The van der Waals surface area contributed by atoms with Crippen molar-refractivity contribution in [2.24, 2.45) is 5.92 Å². The molecule has 1 aliphatic heterocycles. The van der Waals surface area contributed by atoms with Gasteiger partial charge >= 0.3 is 0 Å². The van der Waals surface area contributed by atoms with Crippen LogP contribution in [0.15, 0.2) is 35.0 Å². The van der Waals surface area contributed by atoms with Crippen molar-refractivity contribution in [2.45, 2.75) is 25.9 Å². The lowest BCUT2D eigenvalue weighted by Crippen LogP contribution is -2.37. The SMILES string of the molecule is CN(Cc1ccsc1)CC1CCN(Cc2ccc(Cl)c(Cl)c2)CC1. The molecule has 0 radical (unpaired) electrons. The van der Waals surface area contributed by atoms with Crippen LogP contribution in [0.5, 0.6) is 0 Å². The summed E-state index contributed by atoms with van der Waals surface area (Å²) in [6.07, 6.45) is 2.55. The Morgan fingerprint density at radius 2 is 1.92 bits per heavy atom. The van der Waals surface area contributed by atoms with Crippen LogP contribution in [0.3, 0.4) is 0 Å². The first-order valence-electron chi connectivity index (χ1n) is 8.46. The maximum atomic E-state index is 6.11. The van der Waals surface area contributed by atoms with Crippen molar-refractivity contribution < 1.29 is 0 Å². The van der Waals surface area contributed by atoms with Crippen molar-refractivity contribution in [2.75, 3.05) is 26.7 Å². The van der Waals surface area contributed by atoms with Gasteiger partial charge in [0.15, 0.2) is 0 Å². The minimum absolute atomic E-state index is 0.632. The summed E-state index contributed by atoms with van der Waals surface area (Å²) >= 11 is 13.9. The van der Waals surface area contributed by atoms with Gasteiger partial charge in [-0.25, -0.2) is 0 Å². The summed E-state index contributed by atoms with van der Waals surface area (Å²) in [6.45, 7) is 5.55. The zero-order chi connectivity index (χ0) is 16.9. The predicted molar refractivity (Wildman–Crippen MR) is 105 cm³/mol. The number of halogens is 2. The quantitative estimate of drug-likeness (QED) is 0.659. The Labute approximate surface area is 159 Å². The van der Waals surface area contributed by atoms with Crippen molar-refractivity contribution in [3.8, 4) is 0 Å². The highest BCUT2D eigenvalue weighted by Gasteiger charge is 2.20. The fraction of sp³-hybridized carbons (Fsp3) is 0.474. The van der Waals surface area contributed by atoms with E-state index in [2.05, 4.69) is 39.7 Å². The minimum Gasteiger partial charge on any atom is -0.302 e. The molecule has 0 N–H and O–H groups in total. The van der Waals surface area contributed by atoms with Crippen LogP contribution >= 0.6 is 34.5 Å². The lowest BCUT2D eigenvalue weighted by atomic mass is 9.96. The molecule has 1 fully saturated rings. The topological polar surface area (TPSA) is 6.48 Å². The first-order chi connectivity index (χ1) is 11.6. The van der Waals surface area contributed by atoms with Crippen LogP contribution in [-0.2, 0) is 13.1 Å². The molecule has 5 heteroatoms. The number of rotatable bonds is 6. The lowest BCUT2D eigenvalue weighted by Gasteiger charge is -2.34. The Kier molecular flexibility index (Phi) is 6.59. The average molecular weight is 383 g/mol. The van der Waals surface area contributed by atoms with E-state index in [9.17, 15) is 0 Å². The second-order valence-electron chi connectivity index (χ2n) is 6.80. The number of piperidine rings is 1. The van der Waals surface area contributed by atoms with Gasteiger partial charge in [-0.3, -0.25) is 4.90 Å². The second-order valence-corrected chi connectivity index (χ2v) is 8.39. The van der Waals surface area contributed by atoms with E-state index >= 15 is 0 Å². The summed E-state index contributed by atoms with van der Waals surface area (Å²) in [7, 11) is 2.24. The number of benzene rings is 1. The molecule has 1 aromatic heterocycles. The molecule has 1 saturated heterocycles. The fourth-order valence-corrected chi connectivity index (χ4v) is 4.40. The van der Waals surface area contributed by atoms with E-state index < -0.39 is 0 Å². The maximum absolute atomic E-state index is 6.11. The summed E-state index contributed by atoms with van der Waals surface area (Å²) in [5, 5.41) is 5.69. The van der Waals surface area contributed by atoms with Crippen LogP contribution in [0, 0.1) is 5.92 Å². The van der Waals surface area contributed by atoms with Crippen LogP contribution in [0.2, 0.25) is 10.0 Å². The standard InChI is InChI=1S/C19H24Cl2N2S/c1-22(12-17-6-9-24-14-17)11-15-4-7-23(8-5-15)13-16-2-3-18(20)19(21)10-16/h2-3,6,9-10,14-15H,4-5,7-8,11-13H2,1H3. The van der Waals surface area contributed by atoms with Gasteiger partial charge in [0.1, 0.15) is 0 Å². The van der Waals surface area contributed by atoms with Crippen molar-refractivity contribution >= 4 is 34.5 Å². The molecular formula is C19H24Cl2N2S. The second kappa shape index (κ2) is 8.68. The van der Waals surface area contributed by atoms with Crippen molar-refractivity contribution in [3.63, 3.8) is 0 Å². The molecule has 1 aliphatic rings. The third-order valence-corrected chi connectivity index (χ3v) is 6.17. The van der Waals surface area contributed by atoms with Gasteiger partial charge in [-0.05, 0) is 79.0 Å². The molecule has 0 spiro atoms. The van der Waals surface area contributed by atoms with Crippen molar-refractivity contribution in [3.05, 3.63) is 56.2 Å². The Morgan fingerprint density at radius 3 is 2.58 bits per heavy atom. The van der Waals surface area contributed by atoms with Gasteiger partial charge in [0, 0.05) is 19.6 Å². The summed E-state index contributed by atoms with van der Waals surface area (Å²) in [6, 6.07) is 8.19. The van der Waals surface area contributed by atoms with Gasteiger partial charge in [0.2, 0.25) is 0 Å². The molecule has 130 valence electrons. The van der Waals surface area contributed by atoms with Crippen molar-refractivity contribution in [1.29, 1.82) is 0 Å². The molecule has 0 unspecified atom stereocenters. The van der Waals surface area contributed by atoms with Gasteiger partial charge < -0.3 is 4.90 Å². The highest BCUT2D eigenvalue weighted by atomic mass is 35.5. The van der Waals surface area contributed by atoms with Crippen molar-refractivity contribution in [1.82, 2.24) is 9.80 Å². The lowest BCUT2D eigenvalue weighted by molar-refractivity contribution is 0.147. The van der Waals surface area contributed by atoms with E-state index in [0.29, 0.717) is 10.0 Å². The first-order valence-corrected chi connectivity index (χ1v) is 10.2. The molecule has 0 saturated carbocycles. The Morgan fingerprint density at radius 1 is 1.12 bits per heavy atom. The van der Waals surface area contributed by atoms with Crippen LogP contribution in [0.4, 0.5) is 0 Å². The smallest absolute Gasteiger partial charge is 0.0595 e. The zero-order valence-corrected chi connectivity index (χ0v) is 16.4. The maximum Gasteiger partial charge on any atom is 0.0595 e. The molecule has 3 rings (SSSR count). The molecule has 1 aromatic carbocycles. The largest absolute Gasteiger partial charge is 0.302 e. The number of hydrogen-bond donors (Lipinski definition) is 0. The van der Waals surface area contributed by atoms with E-state index in [-0.39, 0.29) is 0 Å². The van der Waals surface area contributed by atoms with Crippen LogP contribution in [-0.4, -0.2) is 36.5 Å². The van der Waals surface area contributed by atoms with Gasteiger partial charge in [-0.2, -0.15) is 11.3 Å². The number of nitrogens with zero attached hydrogens (tertiary/aromatic N) is 2. The minimum atomic E-state index is 0.632. The zero-order valence-electron chi connectivity index (χ0n) is 14.0. The molecule has 0 bridgehead atoms. The van der Waals surface area contributed by atoms with E-state index in [1.807, 2.05) is 12.1 Å². The Hall–Kier alpha value is -0.580. The van der Waals surface area contributed by atoms with Gasteiger partial charge in [0.25, 0.3) is 0 Å².